The lowest BCUT2D eigenvalue weighted by Gasteiger charge is -2.29. The molecule has 43 heavy (non-hydrogen) atoms. The molecule has 3 heterocycles. The molecule has 5 rings (SSSR count). The maximum absolute atomic E-state index is 13.1. The number of piperidine rings is 1. The Bertz CT molecular complexity index is 1620. The number of hydrogen-bond acceptors (Lipinski definition) is 9. The maximum Gasteiger partial charge on any atom is 0.255 e. The number of carbonyl (C=O) groups is 4. The number of pyridine rings is 1. The number of benzene rings is 2. The number of aromatic nitrogens is 1. The van der Waals surface area contributed by atoms with E-state index in [1.807, 2.05) is 6.92 Å². The number of methoxy groups -OCH3 is 2. The van der Waals surface area contributed by atoms with Crippen LogP contribution in [0.25, 0.3) is 6.08 Å². The zero-order valence-corrected chi connectivity index (χ0v) is 23.9. The van der Waals surface area contributed by atoms with Gasteiger partial charge in [0, 0.05) is 65.4 Å². The fraction of sp³-hybridized carbons (Fsp3) is 0.258. The van der Waals surface area contributed by atoms with E-state index in [0.29, 0.717) is 57.7 Å². The number of carbonyl (C=O) groups excluding carboxylic acids is 4. The van der Waals surface area contributed by atoms with Crippen molar-refractivity contribution in [1.82, 2.24) is 15.2 Å². The normalized spacial score (nSPS) is 16.1. The predicted molar refractivity (Wildman–Crippen MR) is 158 cm³/mol. The molecule has 2 aliphatic rings. The van der Waals surface area contributed by atoms with Crippen LogP contribution in [0.1, 0.15) is 41.3 Å². The smallest absolute Gasteiger partial charge is 0.255 e. The first-order chi connectivity index (χ1) is 20.8. The van der Waals surface area contributed by atoms with Crippen molar-refractivity contribution in [3.8, 4) is 17.2 Å². The standard InChI is InChI=1S/C31H31N5O7/c1-4-43-25-16-19(15-24(41-2)28(25)42-3)33-29-18(7-6-14-32-29)10-12-26(37)34-22-9-5-8-20-21(22)17-36(31(20)40)23-11-13-27(38)35-30(23)39/h5-10,12,14-16,23H,4,11,13,17H2,1-3H3,(H,32,33)(H,34,37)(H,35,38,39)/b12-10+. The lowest BCUT2D eigenvalue weighted by Crippen LogP contribution is -2.52. The van der Waals surface area contributed by atoms with Crippen LogP contribution in [0.4, 0.5) is 17.2 Å². The molecule has 0 saturated carbocycles. The molecule has 0 bridgehead atoms. The lowest BCUT2D eigenvalue weighted by atomic mass is 10.0. The van der Waals surface area contributed by atoms with Gasteiger partial charge in [-0.25, -0.2) is 4.98 Å². The van der Waals surface area contributed by atoms with Crippen molar-refractivity contribution in [2.45, 2.75) is 32.4 Å². The molecule has 1 aromatic heterocycles. The Morgan fingerprint density at radius 1 is 1.12 bits per heavy atom. The lowest BCUT2D eigenvalue weighted by molar-refractivity contribution is -0.137. The van der Waals surface area contributed by atoms with Crippen molar-refractivity contribution >= 4 is 46.9 Å². The van der Waals surface area contributed by atoms with Crippen LogP contribution >= 0.6 is 0 Å². The number of imide groups is 1. The van der Waals surface area contributed by atoms with Crippen molar-refractivity contribution in [1.29, 1.82) is 0 Å². The van der Waals surface area contributed by atoms with Crippen LogP contribution in [-0.4, -0.2) is 60.4 Å². The van der Waals surface area contributed by atoms with E-state index in [-0.39, 0.29) is 31.2 Å². The van der Waals surface area contributed by atoms with E-state index in [1.165, 1.54) is 25.2 Å². The second kappa shape index (κ2) is 12.6. The summed E-state index contributed by atoms with van der Waals surface area (Å²) in [5.74, 6) is 0.377. The van der Waals surface area contributed by atoms with Gasteiger partial charge in [-0.2, -0.15) is 0 Å². The Labute approximate surface area is 248 Å². The molecule has 12 heteroatoms. The number of ether oxygens (including phenoxy) is 3. The molecule has 1 unspecified atom stereocenters. The van der Waals surface area contributed by atoms with E-state index in [9.17, 15) is 19.2 Å². The minimum Gasteiger partial charge on any atom is -0.493 e. The molecule has 4 amide bonds. The fourth-order valence-corrected chi connectivity index (χ4v) is 5.10. The fourth-order valence-electron chi connectivity index (χ4n) is 5.10. The van der Waals surface area contributed by atoms with Crippen molar-refractivity contribution < 1.29 is 33.4 Å². The van der Waals surface area contributed by atoms with Crippen LogP contribution < -0.4 is 30.2 Å². The molecule has 0 radical (unpaired) electrons. The topological polar surface area (TPSA) is 148 Å². The van der Waals surface area contributed by atoms with Gasteiger partial charge >= 0.3 is 0 Å². The molecule has 0 spiro atoms. The Morgan fingerprint density at radius 3 is 2.67 bits per heavy atom. The maximum atomic E-state index is 13.1. The molecule has 0 aliphatic carbocycles. The summed E-state index contributed by atoms with van der Waals surface area (Å²) in [5.41, 5.74) is 2.77. The van der Waals surface area contributed by atoms with Gasteiger partial charge in [0.1, 0.15) is 11.9 Å². The minimum atomic E-state index is -0.743. The zero-order chi connectivity index (χ0) is 30.5. The van der Waals surface area contributed by atoms with Crippen LogP contribution in [0, 0.1) is 0 Å². The quantitative estimate of drug-likeness (QED) is 0.239. The van der Waals surface area contributed by atoms with E-state index in [2.05, 4.69) is 20.9 Å². The minimum absolute atomic E-state index is 0.145. The van der Waals surface area contributed by atoms with Crippen LogP contribution in [0.3, 0.4) is 0 Å². The third-order valence-corrected chi connectivity index (χ3v) is 7.10. The first kappa shape index (κ1) is 29.1. The summed E-state index contributed by atoms with van der Waals surface area (Å²) < 4.78 is 16.6. The number of anilines is 3. The molecule has 1 saturated heterocycles. The van der Waals surface area contributed by atoms with E-state index < -0.39 is 17.9 Å². The monoisotopic (exact) mass is 585 g/mol. The highest BCUT2D eigenvalue weighted by Crippen LogP contribution is 2.41. The summed E-state index contributed by atoms with van der Waals surface area (Å²) in [7, 11) is 3.07. The SMILES string of the molecule is CCOc1cc(Nc2ncccc2/C=C/C(=O)Nc2cccc3c2CN(C2CCC(=O)NC2=O)C3=O)cc(OC)c1OC. The summed E-state index contributed by atoms with van der Waals surface area (Å²) in [6.45, 7) is 2.45. The first-order valence-corrected chi connectivity index (χ1v) is 13.7. The third-order valence-electron chi connectivity index (χ3n) is 7.10. The number of fused-ring (bicyclic) bond motifs is 1. The molecule has 3 aromatic rings. The second-order valence-corrected chi connectivity index (χ2v) is 9.76. The molecule has 1 fully saturated rings. The van der Waals surface area contributed by atoms with E-state index in [1.54, 1.807) is 54.7 Å². The van der Waals surface area contributed by atoms with Crippen molar-refractivity contribution in [3.05, 3.63) is 71.4 Å². The highest BCUT2D eigenvalue weighted by atomic mass is 16.5. The predicted octanol–water partition coefficient (Wildman–Crippen LogP) is 3.65. The van der Waals surface area contributed by atoms with Gasteiger partial charge in [-0.15, -0.1) is 0 Å². The summed E-state index contributed by atoms with van der Waals surface area (Å²) in [5, 5.41) is 8.38. The number of nitrogens with one attached hydrogen (secondary N) is 3. The van der Waals surface area contributed by atoms with Gasteiger partial charge in [-0.3, -0.25) is 24.5 Å². The molecular weight excluding hydrogens is 554 g/mol. The zero-order valence-electron chi connectivity index (χ0n) is 23.9. The Kier molecular flexibility index (Phi) is 8.56. The van der Waals surface area contributed by atoms with Crippen LogP contribution in [-0.2, 0) is 20.9 Å². The van der Waals surface area contributed by atoms with Crippen molar-refractivity contribution in [2.75, 3.05) is 31.5 Å². The summed E-state index contributed by atoms with van der Waals surface area (Å²) in [6, 6.07) is 11.4. The number of rotatable bonds is 10. The molecule has 222 valence electrons. The van der Waals surface area contributed by atoms with Gasteiger partial charge < -0.3 is 29.7 Å². The Hall–Kier alpha value is -5.39. The average molecular weight is 586 g/mol. The average Bonchev–Trinajstić information content (AvgIpc) is 3.33. The summed E-state index contributed by atoms with van der Waals surface area (Å²) >= 11 is 0. The van der Waals surface area contributed by atoms with Gasteiger partial charge in [0.15, 0.2) is 11.5 Å². The molecule has 12 nitrogen and oxygen atoms in total. The Morgan fingerprint density at radius 2 is 1.93 bits per heavy atom. The molecule has 2 aliphatic heterocycles. The van der Waals surface area contributed by atoms with Crippen molar-refractivity contribution in [2.24, 2.45) is 0 Å². The number of nitrogens with zero attached hydrogens (tertiary/aromatic N) is 2. The van der Waals surface area contributed by atoms with E-state index in [0.717, 1.165) is 0 Å². The Balaban J connectivity index is 1.32. The van der Waals surface area contributed by atoms with Crippen LogP contribution in [0.5, 0.6) is 17.2 Å². The molecule has 1 atom stereocenters. The molecule has 3 N–H and O–H groups in total. The summed E-state index contributed by atoms with van der Waals surface area (Å²) in [4.78, 5) is 55.9. The highest BCUT2D eigenvalue weighted by molar-refractivity contribution is 6.08. The third kappa shape index (κ3) is 6.13. The number of amides is 4. The van der Waals surface area contributed by atoms with Gasteiger partial charge in [0.05, 0.1) is 20.8 Å². The molecule has 2 aromatic carbocycles. The summed E-state index contributed by atoms with van der Waals surface area (Å²) in [6.07, 6.45) is 5.04. The van der Waals surface area contributed by atoms with E-state index in [4.69, 9.17) is 14.2 Å². The largest absolute Gasteiger partial charge is 0.493 e. The van der Waals surface area contributed by atoms with Gasteiger partial charge in [0.25, 0.3) is 5.91 Å². The van der Waals surface area contributed by atoms with Gasteiger partial charge in [0.2, 0.25) is 23.5 Å². The van der Waals surface area contributed by atoms with Gasteiger partial charge in [-0.1, -0.05) is 6.07 Å². The highest BCUT2D eigenvalue weighted by Gasteiger charge is 2.39. The van der Waals surface area contributed by atoms with E-state index >= 15 is 0 Å². The second-order valence-electron chi connectivity index (χ2n) is 9.76. The number of hydrogen-bond donors (Lipinski definition) is 3. The van der Waals surface area contributed by atoms with Crippen molar-refractivity contribution in [3.63, 3.8) is 0 Å². The van der Waals surface area contributed by atoms with Crippen LogP contribution in [0.2, 0.25) is 0 Å². The van der Waals surface area contributed by atoms with Crippen LogP contribution in [0.15, 0.2) is 54.7 Å². The van der Waals surface area contributed by atoms with Gasteiger partial charge in [-0.05, 0) is 43.7 Å². The molecular formula is C31H31N5O7. The first-order valence-electron chi connectivity index (χ1n) is 13.7.